The first-order chi connectivity index (χ1) is 12.1. The highest BCUT2D eigenvalue weighted by Gasteiger charge is 2.38. The van der Waals surface area contributed by atoms with Gasteiger partial charge >= 0.3 is 6.18 Å². The van der Waals surface area contributed by atoms with Crippen LogP contribution in [0.3, 0.4) is 0 Å². The number of carbonyl (C=O) groups excluding carboxylic acids is 1. The van der Waals surface area contributed by atoms with Crippen LogP contribution >= 0.6 is 11.6 Å². The molecule has 0 aliphatic carbocycles. The second-order valence-corrected chi connectivity index (χ2v) is 5.52. The fourth-order valence-corrected chi connectivity index (χ4v) is 2.41. The molecule has 0 spiro atoms. The van der Waals surface area contributed by atoms with E-state index in [1.54, 1.807) is 0 Å². The highest BCUT2D eigenvalue weighted by atomic mass is 35.5. The summed E-state index contributed by atoms with van der Waals surface area (Å²) in [4.78, 5) is 21.7. The molecule has 26 heavy (non-hydrogen) atoms. The molecule has 0 saturated heterocycles. The summed E-state index contributed by atoms with van der Waals surface area (Å²) in [6.07, 6.45) is -4.90. The Morgan fingerprint density at radius 2 is 1.96 bits per heavy atom. The van der Waals surface area contributed by atoms with Crippen LogP contribution in [-0.2, 0) is 6.18 Å². The van der Waals surface area contributed by atoms with Crippen LogP contribution in [0.4, 0.5) is 24.5 Å². The van der Waals surface area contributed by atoms with Gasteiger partial charge in [-0.1, -0.05) is 11.6 Å². The Morgan fingerprint density at radius 3 is 2.50 bits per heavy atom. The highest BCUT2D eigenvalue weighted by Crippen LogP contribution is 2.37. The zero-order valence-electron chi connectivity index (χ0n) is 13.3. The average Bonchev–Trinajstić information content (AvgIpc) is 2.58. The summed E-state index contributed by atoms with van der Waals surface area (Å²) >= 11 is 5.92. The van der Waals surface area contributed by atoms with Gasteiger partial charge in [-0.15, -0.1) is 0 Å². The fourth-order valence-electron chi connectivity index (χ4n) is 2.16. The van der Waals surface area contributed by atoms with Crippen LogP contribution in [-0.4, -0.2) is 24.4 Å². The topological polar surface area (TPSA) is 81.5 Å². The van der Waals surface area contributed by atoms with E-state index in [-0.39, 0.29) is 22.8 Å². The Morgan fingerprint density at radius 1 is 1.27 bits per heavy atom. The molecule has 0 radical (unpaired) electrons. The zero-order chi connectivity index (χ0) is 19.5. The Bertz CT molecular complexity index is 856. The number of nitrogens with zero attached hydrogens (tertiary/aromatic N) is 1. The minimum absolute atomic E-state index is 0.0733. The van der Waals surface area contributed by atoms with Crippen molar-refractivity contribution in [3.63, 3.8) is 0 Å². The molecule has 0 aromatic heterocycles. The van der Waals surface area contributed by atoms with Crippen molar-refractivity contribution in [3.8, 4) is 5.75 Å². The lowest BCUT2D eigenvalue weighted by atomic mass is 10.1. The van der Waals surface area contributed by atoms with Crippen LogP contribution < -0.4 is 10.1 Å². The lowest BCUT2D eigenvalue weighted by Gasteiger charge is -2.11. The number of carbonyl (C=O) groups is 1. The summed E-state index contributed by atoms with van der Waals surface area (Å²) in [7, 11) is 1.41. The number of nitro benzene ring substituents is 1. The van der Waals surface area contributed by atoms with Gasteiger partial charge in [-0.3, -0.25) is 14.9 Å². The fraction of sp³-hybridized carbons (Fsp3) is 0.188. The van der Waals surface area contributed by atoms with Crippen molar-refractivity contribution in [1.82, 2.24) is 0 Å². The van der Waals surface area contributed by atoms with Gasteiger partial charge in [0.05, 0.1) is 23.6 Å². The number of halogens is 4. The van der Waals surface area contributed by atoms with Crippen molar-refractivity contribution < 1.29 is 27.6 Å². The molecule has 0 amide bonds. The van der Waals surface area contributed by atoms with Crippen molar-refractivity contribution in [1.29, 1.82) is 0 Å². The van der Waals surface area contributed by atoms with Crippen LogP contribution in [0, 0.1) is 10.1 Å². The van der Waals surface area contributed by atoms with E-state index in [4.69, 9.17) is 16.3 Å². The Kier molecular flexibility index (Phi) is 5.71. The van der Waals surface area contributed by atoms with Gasteiger partial charge in [0.25, 0.3) is 5.69 Å². The second kappa shape index (κ2) is 7.61. The smallest absolute Gasteiger partial charge is 0.423 e. The molecular weight excluding hydrogens is 377 g/mol. The molecule has 138 valence electrons. The molecule has 0 atom stereocenters. The van der Waals surface area contributed by atoms with Crippen LogP contribution in [0.25, 0.3) is 0 Å². The van der Waals surface area contributed by atoms with E-state index >= 15 is 0 Å². The molecular formula is C16H12ClF3N2O4. The number of rotatable bonds is 6. The van der Waals surface area contributed by atoms with E-state index in [0.717, 1.165) is 12.1 Å². The SMILES string of the molecule is COc1ccc(C(=O)CNc2ccc([N+](=O)[O-])c(C(F)(F)F)c2)cc1Cl. The maximum atomic E-state index is 12.9. The lowest BCUT2D eigenvalue weighted by molar-refractivity contribution is -0.388. The van der Waals surface area contributed by atoms with Crippen LogP contribution in [0.5, 0.6) is 5.75 Å². The largest absolute Gasteiger partial charge is 0.495 e. The van der Waals surface area contributed by atoms with E-state index in [1.165, 1.54) is 25.3 Å². The summed E-state index contributed by atoms with van der Waals surface area (Å²) in [5.74, 6) is -0.0529. The third-order valence-corrected chi connectivity index (χ3v) is 3.72. The number of ether oxygens (including phenoxy) is 1. The maximum Gasteiger partial charge on any atom is 0.423 e. The van der Waals surface area contributed by atoms with Crippen molar-refractivity contribution in [2.75, 3.05) is 19.0 Å². The summed E-state index contributed by atoms with van der Waals surface area (Å²) in [5.41, 5.74) is -2.29. The van der Waals surface area contributed by atoms with E-state index in [2.05, 4.69) is 5.32 Å². The van der Waals surface area contributed by atoms with Gasteiger partial charge in [-0.05, 0) is 30.3 Å². The van der Waals surface area contributed by atoms with Crippen LogP contribution in [0.1, 0.15) is 15.9 Å². The van der Waals surface area contributed by atoms with Gasteiger partial charge in [0.2, 0.25) is 0 Å². The van der Waals surface area contributed by atoms with Crippen LogP contribution in [0.2, 0.25) is 5.02 Å². The molecule has 0 unspecified atom stereocenters. The Hall–Kier alpha value is -2.81. The monoisotopic (exact) mass is 388 g/mol. The number of alkyl halides is 3. The number of benzene rings is 2. The molecule has 0 aliphatic rings. The summed E-state index contributed by atoms with van der Waals surface area (Å²) in [6.45, 7) is -0.322. The number of anilines is 1. The standard InChI is InChI=1S/C16H12ClF3N2O4/c1-26-15-5-2-9(6-12(15)17)14(23)8-21-10-3-4-13(22(24)25)11(7-10)16(18,19)20/h2-7,21H,8H2,1H3. The van der Waals surface area contributed by atoms with E-state index in [9.17, 15) is 28.1 Å². The highest BCUT2D eigenvalue weighted by molar-refractivity contribution is 6.32. The molecule has 0 bridgehead atoms. The van der Waals surface area contributed by atoms with Gasteiger partial charge < -0.3 is 10.1 Å². The van der Waals surface area contributed by atoms with Gasteiger partial charge in [0.15, 0.2) is 5.78 Å². The number of nitro groups is 1. The molecule has 0 aliphatic heterocycles. The van der Waals surface area contributed by atoms with E-state index < -0.39 is 28.1 Å². The number of Topliss-reactive ketones (excluding diaryl/α,β-unsaturated/α-hetero) is 1. The molecule has 2 aromatic rings. The number of ketones is 1. The summed E-state index contributed by atoms with van der Waals surface area (Å²) in [6, 6.07) is 6.75. The molecule has 6 nitrogen and oxygen atoms in total. The zero-order valence-corrected chi connectivity index (χ0v) is 14.0. The molecule has 1 N–H and O–H groups in total. The second-order valence-electron chi connectivity index (χ2n) is 5.11. The van der Waals surface area contributed by atoms with Gasteiger partial charge in [0, 0.05) is 17.3 Å². The average molecular weight is 389 g/mol. The third kappa shape index (κ3) is 4.42. The summed E-state index contributed by atoms with van der Waals surface area (Å²) in [5, 5.41) is 13.5. The number of methoxy groups -OCH3 is 1. The Labute approximate surface area is 150 Å². The maximum absolute atomic E-state index is 12.9. The predicted octanol–water partition coefficient (Wildman–Crippen LogP) is 4.57. The van der Waals surface area contributed by atoms with Crippen molar-refractivity contribution in [3.05, 3.63) is 62.7 Å². The van der Waals surface area contributed by atoms with Crippen molar-refractivity contribution in [2.24, 2.45) is 0 Å². The first-order valence-electron chi connectivity index (χ1n) is 7.09. The minimum atomic E-state index is -4.90. The first-order valence-corrected chi connectivity index (χ1v) is 7.47. The first kappa shape index (κ1) is 19.5. The summed E-state index contributed by atoms with van der Waals surface area (Å²) < 4.78 is 43.8. The quantitative estimate of drug-likeness (QED) is 0.445. The number of hydrogen-bond acceptors (Lipinski definition) is 5. The molecule has 0 fully saturated rings. The number of hydrogen-bond donors (Lipinski definition) is 1. The molecule has 10 heteroatoms. The predicted molar refractivity (Wildman–Crippen MR) is 88.9 cm³/mol. The van der Waals surface area contributed by atoms with Crippen LogP contribution in [0.15, 0.2) is 36.4 Å². The third-order valence-electron chi connectivity index (χ3n) is 3.43. The van der Waals surface area contributed by atoms with Gasteiger partial charge in [-0.2, -0.15) is 13.2 Å². The van der Waals surface area contributed by atoms with Crippen molar-refractivity contribution in [2.45, 2.75) is 6.18 Å². The normalized spacial score (nSPS) is 11.1. The van der Waals surface area contributed by atoms with Gasteiger partial charge in [0.1, 0.15) is 11.3 Å². The Balaban J connectivity index is 2.18. The molecule has 2 rings (SSSR count). The van der Waals surface area contributed by atoms with E-state index in [0.29, 0.717) is 11.8 Å². The number of nitrogens with one attached hydrogen (secondary N) is 1. The van der Waals surface area contributed by atoms with Crippen molar-refractivity contribution >= 4 is 28.8 Å². The minimum Gasteiger partial charge on any atom is -0.495 e. The molecule has 2 aromatic carbocycles. The van der Waals surface area contributed by atoms with E-state index in [1.807, 2.05) is 0 Å². The van der Waals surface area contributed by atoms with Gasteiger partial charge in [-0.25, -0.2) is 0 Å². The lowest BCUT2D eigenvalue weighted by Crippen LogP contribution is -2.15. The molecule has 0 heterocycles. The molecule has 0 saturated carbocycles.